The Balaban J connectivity index is 1.70. The number of hydrogen-bond donors (Lipinski definition) is 2. The Hall–Kier alpha value is -1.74. The number of β-amino-alcohol motifs (C(OH)–C–C–N with tert-alkyl or cyclic N) is 1. The number of aromatic nitrogens is 1. The minimum atomic E-state index is -0.491. The van der Waals surface area contributed by atoms with Gasteiger partial charge in [0.1, 0.15) is 6.26 Å². The molecule has 152 valence electrons. The molecule has 1 unspecified atom stereocenters. The standard InChI is InChI=1S/C19H32N4O4/c1-4-9-26-13-16(24)11-22-5-7-23(8-6-22)12-18-21-17(14-27-18)19(25)20-10-15(2)3/h4,14-16,24H,1,5-13H2,2-3H3,(H,20,25). The van der Waals surface area contributed by atoms with Gasteiger partial charge >= 0.3 is 0 Å². The highest BCUT2D eigenvalue weighted by Crippen LogP contribution is 2.10. The maximum atomic E-state index is 12.0. The van der Waals surface area contributed by atoms with Gasteiger partial charge in [0.15, 0.2) is 5.69 Å². The second-order valence-corrected chi connectivity index (χ2v) is 7.29. The molecule has 1 atom stereocenters. The SMILES string of the molecule is C=CCOCC(O)CN1CCN(Cc2nc(C(=O)NCC(C)C)co2)CC1. The molecule has 27 heavy (non-hydrogen) atoms. The van der Waals surface area contributed by atoms with Gasteiger partial charge in [0.25, 0.3) is 5.91 Å². The molecule has 2 heterocycles. The van der Waals surface area contributed by atoms with Crippen LogP contribution in [0.5, 0.6) is 0 Å². The fraction of sp³-hybridized carbons (Fsp3) is 0.684. The van der Waals surface area contributed by atoms with Crippen molar-refractivity contribution in [3.05, 3.63) is 30.5 Å². The van der Waals surface area contributed by atoms with E-state index in [9.17, 15) is 9.90 Å². The predicted molar refractivity (Wildman–Crippen MR) is 102 cm³/mol. The van der Waals surface area contributed by atoms with E-state index in [2.05, 4.69) is 26.7 Å². The summed E-state index contributed by atoms with van der Waals surface area (Å²) in [6.07, 6.45) is 2.60. The second-order valence-electron chi connectivity index (χ2n) is 7.29. The van der Waals surface area contributed by atoms with E-state index in [1.807, 2.05) is 13.8 Å². The van der Waals surface area contributed by atoms with E-state index in [-0.39, 0.29) is 5.91 Å². The summed E-state index contributed by atoms with van der Waals surface area (Å²) in [6.45, 7) is 13.7. The lowest BCUT2D eigenvalue weighted by Gasteiger charge is -2.34. The molecule has 1 aliphatic heterocycles. The van der Waals surface area contributed by atoms with E-state index in [1.165, 1.54) is 6.26 Å². The fourth-order valence-corrected chi connectivity index (χ4v) is 2.83. The highest BCUT2D eigenvalue weighted by atomic mass is 16.5. The average Bonchev–Trinajstić information content (AvgIpc) is 3.10. The lowest BCUT2D eigenvalue weighted by atomic mass is 10.2. The summed E-state index contributed by atoms with van der Waals surface area (Å²) in [5.41, 5.74) is 0.326. The lowest BCUT2D eigenvalue weighted by molar-refractivity contribution is 0.0135. The Morgan fingerprint density at radius 1 is 1.41 bits per heavy atom. The van der Waals surface area contributed by atoms with Crippen molar-refractivity contribution in [1.82, 2.24) is 20.1 Å². The number of piperazine rings is 1. The van der Waals surface area contributed by atoms with Gasteiger partial charge in [-0.15, -0.1) is 6.58 Å². The zero-order chi connectivity index (χ0) is 19.6. The first-order valence-electron chi connectivity index (χ1n) is 9.52. The van der Waals surface area contributed by atoms with Crippen molar-refractivity contribution in [1.29, 1.82) is 0 Å². The molecule has 0 spiro atoms. The maximum Gasteiger partial charge on any atom is 0.273 e. The van der Waals surface area contributed by atoms with E-state index in [4.69, 9.17) is 9.15 Å². The van der Waals surface area contributed by atoms with Crippen LogP contribution >= 0.6 is 0 Å². The van der Waals surface area contributed by atoms with Crippen LogP contribution in [-0.2, 0) is 11.3 Å². The molecule has 2 N–H and O–H groups in total. The van der Waals surface area contributed by atoms with Crippen LogP contribution in [0.1, 0.15) is 30.2 Å². The summed E-state index contributed by atoms with van der Waals surface area (Å²) in [7, 11) is 0. The van der Waals surface area contributed by atoms with E-state index in [0.29, 0.717) is 50.4 Å². The Kier molecular flexibility index (Phi) is 8.93. The first kappa shape index (κ1) is 21.6. The van der Waals surface area contributed by atoms with E-state index in [0.717, 1.165) is 26.2 Å². The van der Waals surface area contributed by atoms with Crippen LogP contribution in [0, 0.1) is 5.92 Å². The number of carbonyl (C=O) groups excluding carboxylic acids is 1. The quantitative estimate of drug-likeness (QED) is 0.432. The minimum absolute atomic E-state index is 0.198. The first-order chi connectivity index (χ1) is 13.0. The topological polar surface area (TPSA) is 91.1 Å². The second kappa shape index (κ2) is 11.2. The molecule has 2 rings (SSSR count). The molecule has 8 nitrogen and oxygen atoms in total. The molecule has 1 aromatic rings. The third-order valence-corrected chi connectivity index (χ3v) is 4.29. The fourth-order valence-electron chi connectivity index (χ4n) is 2.83. The van der Waals surface area contributed by atoms with Crippen molar-refractivity contribution in [3.63, 3.8) is 0 Å². The van der Waals surface area contributed by atoms with Crippen molar-refractivity contribution >= 4 is 5.91 Å². The van der Waals surface area contributed by atoms with Gasteiger partial charge in [-0.1, -0.05) is 19.9 Å². The number of aliphatic hydroxyl groups is 1. The molecule has 8 heteroatoms. The van der Waals surface area contributed by atoms with Gasteiger partial charge < -0.3 is 19.6 Å². The number of amides is 1. The number of hydrogen-bond acceptors (Lipinski definition) is 7. The van der Waals surface area contributed by atoms with Gasteiger partial charge in [-0.3, -0.25) is 14.6 Å². The summed E-state index contributed by atoms with van der Waals surface area (Å²) in [6, 6.07) is 0. The van der Waals surface area contributed by atoms with Crippen molar-refractivity contribution in [2.45, 2.75) is 26.5 Å². The third-order valence-electron chi connectivity index (χ3n) is 4.29. The zero-order valence-electron chi connectivity index (χ0n) is 16.4. The van der Waals surface area contributed by atoms with Crippen LogP contribution < -0.4 is 5.32 Å². The largest absolute Gasteiger partial charge is 0.447 e. The molecule has 0 aromatic carbocycles. The first-order valence-corrected chi connectivity index (χ1v) is 9.52. The van der Waals surface area contributed by atoms with Crippen molar-refractivity contribution < 1.29 is 19.1 Å². The van der Waals surface area contributed by atoms with Gasteiger partial charge in [0, 0.05) is 39.3 Å². The molecule has 1 amide bonds. The molecule has 1 aliphatic rings. The summed E-state index contributed by atoms with van der Waals surface area (Å²) < 4.78 is 10.7. The molecular formula is C19H32N4O4. The molecule has 0 saturated carbocycles. The summed E-state index contributed by atoms with van der Waals surface area (Å²) >= 11 is 0. The molecule has 0 bridgehead atoms. The van der Waals surface area contributed by atoms with E-state index >= 15 is 0 Å². The lowest BCUT2D eigenvalue weighted by Crippen LogP contribution is -2.48. The van der Waals surface area contributed by atoms with Gasteiger partial charge in [0.05, 0.1) is 25.9 Å². The number of nitrogens with zero attached hydrogens (tertiary/aromatic N) is 3. The summed E-state index contributed by atoms with van der Waals surface area (Å²) in [5.74, 6) is 0.746. The van der Waals surface area contributed by atoms with Crippen LogP contribution in [0.2, 0.25) is 0 Å². The number of nitrogens with one attached hydrogen (secondary N) is 1. The minimum Gasteiger partial charge on any atom is -0.447 e. The van der Waals surface area contributed by atoms with Crippen LogP contribution in [-0.4, -0.2) is 84.4 Å². The number of carbonyl (C=O) groups is 1. The van der Waals surface area contributed by atoms with Crippen molar-refractivity contribution in [3.8, 4) is 0 Å². The average molecular weight is 380 g/mol. The number of aliphatic hydroxyl groups excluding tert-OH is 1. The van der Waals surface area contributed by atoms with Crippen LogP contribution in [0.4, 0.5) is 0 Å². The Morgan fingerprint density at radius 3 is 2.78 bits per heavy atom. The van der Waals surface area contributed by atoms with E-state index < -0.39 is 6.10 Å². The Bertz CT molecular complexity index is 582. The van der Waals surface area contributed by atoms with Gasteiger partial charge in [-0.05, 0) is 5.92 Å². The Labute approximate surface area is 161 Å². The highest BCUT2D eigenvalue weighted by molar-refractivity contribution is 5.91. The Morgan fingerprint density at radius 2 is 2.11 bits per heavy atom. The maximum absolute atomic E-state index is 12.0. The van der Waals surface area contributed by atoms with Crippen molar-refractivity contribution in [2.75, 3.05) is 52.5 Å². The molecule has 1 saturated heterocycles. The van der Waals surface area contributed by atoms with E-state index in [1.54, 1.807) is 6.08 Å². The number of ether oxygens (including phenoxy) is 1. The van der Waals surface area contributed by atoms with Crippen LogP contribution in [0.25, 0.3) is 0 Å². The van der Waals surface area contributed by atoms with Gasteiger partial charge in [-0.2, -0.15) is 0 Å². The smallest absolute Gasteiger partial charge is 0.273 e. The molecule has 0 aliphatic carbocycles. The van der Waals surface area contributed by atoms with Gasteiger partial charge in [0.2, 0.25) is 5.89 Å². The number of oxazole rings is 1. The van der Waals surface area contributed by atoms with Gasteiger partial charge in [-0.25, -0.2) is 4.98 Å². The molecule has 1 fully saturated rings. The predicted octanol–water partition coefficient (Wildman–Crippen LogP) is 0.742. The summed E-state index contributed by atoms with van der Waals surface area (Å²) in [5, 5.41) is 12.8. The monoisotopic (exact) mass is 380 g/mol. The molecular weight excluding hydrogens is 348 g/mol. The van der Waals surface area contributed by atoms with Crippen LogP contribution in [0.3, 0.4) is 0 Å². The summed E-state index contributed by atoms with van der Waals surface area (Å²) in [4.78, 5) is 20.8. The molecule has 1 aromatic heterocycles. The normalized spacial score (nSPS) is 17.2. The number of rotatable bonds is 11. The zero-order valence-corrected chi connectivity index (χ0v) is 16.4. The van der Waals surface area contributed by atoms with Crippen molar-refractivity contribution in [2.24, 2.45) is 5.92 Å². The molecule has 0 radical (unpaired) electrons. The third kappa shape index (κ3) is 7.80. The van der Waals surface area contributed by atoms with Crippen LogP contribution in [0.15, 0.2) is 23.3 Å². The highest BCUT2D eigenvalue weighted by Gasteiger charge is 2.21.